The molecule has 0 saturated heterocycles. The number of methoxy groups -OCH3 is 1. The summed E-state index contributed by atoms with van der Waals surface area (Å²) in [5.41, 5.74) is 2.41. The van der Waals surface area contributed by atoms with Gasteiger partial charge >= 0.3 is 5.97 Å². The van der Waals surface area contributed by atoms with Crippen LogP contribution in [0.1, 0.15) is 21.5 Å². The molecule has 11 heteroatoms. The fourth-order valence-corrected chi connectivity index (χ4v) is 5.65. The van der Waals surface area contributed by atoms with E-state index in [0.29, 0.717) is 34.0 Å². The number of hydrogen-bond donors (Lipinski definition) is 2. The minimum atomic E-state index is -3.69. The standard InChI is InChI=1S/C24H21N3O6S2/c1-15-8-9-34-24(15)35(30,31)27-18-5-3-4-17(10-18)22-25-12-16(13-26-22)14-33-19-6-7-21(28)20(11-19)23(29)32-2/h3-13,27-28H,14H2,1-2H3. The number of nitrogens with one attached hydrogen (secondary N) is 1. The third-order valence-electron chi connectivity index (χ3n) is 4.92. The predicted octanol–water partition coefficient (Wildman–Crippen LogP) is 4.39. The Morgan fingerprint density at radius 2 is 1.89 bits per heavy atom. The zero-order chi connectivity index (χ0) is 25.0. The minimum absolute atomic E-state index is 0.00124. The van der Waals surface area contributed by atoms with Gasteiger partial charge in [0.15, 0.2) is 5.82 Å². The maximum absolute atomic E-state index is 12.7. The van der Waals surface area contributed by atoms with Crippen molar-refractivity contribution in [2.75, 3.05) is 11.8 Å². The van der Waals surface area contributed by atoms with Crippen LogP contribution < -0.4 is 9.46 Å². The topological polar surface area (TPSA) is 128 Å². The van der Waals surface area contributed by atoms with Crippen LogP contribution in [0, 0.1) is 6.92 Å². The number of nitrogens with zero attached hydrogens (tertiary/aromatic N) is 2. The van der Waals surface area contributed by atoms with Crippen LogP contribution in [0.5, 0.6) is 11.5 Å². The number of aryl methyl sites for hydroxylation is 1. The van der Waals surface area contributed by atoms with E-state index in [9.17, 15) is 18.3 Å². The fourth-order valence-electron chi connectivity index (χ4n) is 3.18. The second kappa shape index (κ2) is 10.1. The summed E-state index contributed by atoms with van der Waals surface area (Å²) in [6.07, 6.45) is 3.19. The highest BCUT2D eigenvalue weighted by molar-refractivity contribution is 7.94. The summed E-state index contributed by atoms with van der Waals surface area (Å²) in [5.74, 6) is -0.0874. The van der Waals surface area contributed by atoms with E-state index in [1.807, 2.05) is 0 Å². The van der Waals surface area contributed by atoms with Crippen molar-refractivity contribution in [3.8, 4) is 22.9 Å². The van der Waals surface area contributed by atoms with Gasteiger partial charge in [0, 0.05) is 29.2 Å². The average Bonchev–Trinajstić information content (AvgIpc) is 3.30. The van der Waals surface area contributed by atoms with Crippen molar-refractivity contribution in [3.63, 3.8) is 0 Å². The number of phenolic OH excluding ortho intramolecular Hbond substituents is 1. The maximum atomic E-state index is 12.7. The molecule has 2 aromatic carbocycles. The summed E-state index contributed by atoms with van der Waals surface area (Å²) < 4.78 is 38.5. The lowest BCUT2D eigenvalue weighted by molar-refractivity contribution is 0.0597. The van der Waals surface area contributed by atoms with Crippen molar-refractivity contribution >= 4 is 33.0 Å². The highest BCUT2D eigenvalue weighted by Crippen LogP contribution is 2.27. The molecule has 2 heterocycles. The van der Waals surface area contributed by atoms with Gasteiger partial charge in [-0.3, -0.25) is 4.72 Å². The van der Waals surface area contributed by atoms with E-state index in [0.717, 1.165) is 11.3 Å². The van der Waals surface area contributed by atoms with E-state index in [1.54, 1.807) is 55.0 Å². The molecular formula is C24H21N3O6S2. The summed E-state index contributed by atoms with van der Waals surface area (Å²) in [7, 11) is -2.46. The van der Waals surface area contributed by atoms with Crippen molar-refractivity contribution in [3.05, 3.63) is 83.0 Å². The third-order valence-corrected chi connectivity index (χ3v) is 7.99. The molecule has 0 aliphatic heterocycles. The molecule has 2 aromatic heterocycles. The van der Waals surface area contributed by atoms with Crippen LogP contribution >= 0.6 is 11.3 Å². The first-order valence-corrected chi connectivity index (χ1v) is 12.7. The lowest BCUT2D eigenvalue weighted by atomic mass is 10.2. The van der Waals surface area contributed by atoms with Crippen molar-refractivity contribution < 1.29 is 27.8 Å². The van der Waals surface area contributed by atoms with Crippen molar-refractivity contribution in [2.24, 2.45) is 0 Å². The molecule has 35 heavy (non-hydrogen) atoms. The van der Waals surface area contributed by atoms with Gasteiger partial charge in [0.1, 0.15) is 27.9 Å². The van der Waals surface area contributed by atoms with Gasteiger partial charge in [0.05, 0.1) is 7.11 Å². The summed E-state index contributed by atoms with van der Waals surface area (Å²) in [5, 5.41) is 11.5. The molecule has 0 fully saturated rings. The minimum Gasteiger partial charge on any atom is -0.507 e. The van der Waals surface area contributed by atoms with Crippen LogP contribution in [0.4, 0.5) is 5.69 Å². The molecule has 0 atom stereocenters. The van der Waals surface area contributed by atoms with E-state index >= 15 is 0 Å². The lowest BCUT2D eigenvalue weighted by Gasteiger charge is -2.10. The Hall–Kier alpha value is -3.96. The Morgan fingerprint density at radius 1 is 1.11 bits per heavy atom. The quantitative estimate of drug-likeness (QED) is 0.334. The van der Waals surface area contributed by atoms with Gasteiger partial charge in [-0.15, -0.1) is 11.3 Å². The molecule has 4 aromatic rings. The number of esters is 1. The number of anilines is 1. The van der Waals surface area contributed by atoms with E-state index in [1.165, 1.54) is 25.3 Å². The molecule has 2 N–H and O–H groups in total. The highest BCUT2D eigenvalue weighted by Gasteiger charge is 2.19. The Balaban J connectivity index is 1.45. The first-order valence-electron chi connectivity index (χ1n) is 10.3. The maximum Gasteiger partial charge on any atom is 0.341 e. The number of ether oxygens (including phenoxy) is 2. The van der Waals surface area contributed by atoms with Crippen LogP contribution in [0.15, 0.2) is 70.5 Å². The van der Waals surface area contributed by atoms with Gasteiger partial charge in [0.25, 0.3) is 10.0 Å². The van der Waals surface area contributed by atoms with Gasteiger partial charge in [-0.05, 0) is 54.3 Å². The van der Waals surface area contributed by atoms with Gasteiger partial charge in [0.2, 0.25) is 0 Å². The first-order chi connectivity index (χ1) is 16.8. The fraction of sp³-hybridized carbons (Fsp3) is 0.125. The van der Waals surface area contributed by atoms with E-state index in [-0.39, 0.29) is 22.1 Å². The number of benzene rings is 2. The molecule has 0 radical (unpaired) electrons. The molecule has 0 unspecified atom stereocenters. The largest absolute Gasteiger partial charge is 0.507 e. The number of carbonyl (C=O) groups excluding carboxylic acids is 1. The van der Waals surface area contributed by atoms with Gasteiger partial charge in [-0.25, -0.2) is 23.2 Å². The zero-order valence-corrected chi connectivity index (χ0v) is 20.4. The predicted molar refractivity (Wildman–Crippen MR) is 131 cm³/mol. The lowest BCUT2D eigenvalue weighted by Crippen LogP contribution is -2.12. The summed E-state index contributed by atoms with van der Waals surface area (Å²) in [6.45, 7) is 1.88. The number of thiophene rings is 1. The number of rotatable bonds is 8. The van der Waals surface area contributed by atoms with Crippen LogP contribution in [-0.4, -0.2) is 36.6 Å². The molecule has 180 valence electrons. The third kappa shape index (κ3) is 5.58. The van der Waals surface area contributed by atoms with Crippen LogP contribution in [0.2, 0.25) is 0 Å². The number of sulfonamides is 1. The summed E-state index contributed by atoms with van der Waals surface area (Å²) >= 11 is 1.16. The second-order valence-corrected chi connectivity index (χ2v) is 10.2. The van der Waals surface area contributed by atoms with E-state index in [2.05, 4.69) is 19.4 Å². The molecule has 0 aliphatic carbocycles. The monoisotopic (exact) mass is 511 g/mol. The average molecular weight is 512 g/mol. The number of carbonyl (C=O) groups is 1. The van der Waals surface area contributed by atoms with E-state index in [4.69, 9.17) is 4.74 Å². The zero-order valence-electron chi connectivity index (χ0n) is 18.8. The van der Waals surface area contributed by atoms with Gasteiger partial charge < -0.3 is 14.6 Å². The molecular weight excluding hydrogens is 490 g/mol. The van der Waals surface area contributed by atoms with Crippen molar-refractivity contribution in [1.29, 1.82) is 0 Å². The first kappa shape index (κ1) is 24.2. The Bertz CT molecular complexity index is 1470. The van der Waals surface area contributed by atoms with Crippen LogP contribution in [0.3, 0.4) is 0 Å². The number of hydrogen-bond acceptors (Lipinski definition) is 9. The Labute approximate surface area is 206 Å². The van der Waals surface area contributed by atoms with Crippen molar-refractivity contribution in [1.82, 2.24) is 9.97 Å². The SMILES string of the molecule is COC(=O)c1cc(OCc2cnc(-c3cccc(NS(=O)(=O)c4sccc4C)c3)nc2)ccc1O. The molecule has 0 spiro atoms. The smallest absolute Gasteiger partial charge is 0.341 e. The number of aromatic hydroxyl groups is 1. The number of aromatic nitrogens is 2. The number of phenols is 1. The van der Waals surface area contributed by atoms with E-state index < -0.39 is 16.0 Å². The van der Waals surface area contributed by atoms with Crippen LogP contribution in [0.25, 0.3) is 11.4 Å². The Morgan fingerprint density at radius 3 is 2.57 bits per heavy atom. The summed E-state index contributed by atoms with van der Waals surface area (Å²) in [4.78, 5) is 20.4. The molecule has 0 amide bonds. The highest BCUT2D eigenvalue weighted by atomic mass is 32.2. The summed E-state index contributed by atoms with van der Waals surface area (Å²) in [6, 6.07) is 12.9. The van der Waals surface area contributed by atoms with Crippen LogP contribution in [-0.2, 0) is 21.4 Å². The molecule has 0 saturated carbocycles. The molecule has 0 aliphatic rings. The van der Waals surface area contributed by atoms with Crippen molar-refractivity contribution in [2.45, 2.75) is 17.7 Å². The normalized spacial score (nSPS) is 11.1. The second-order valence-electron chi connectivity index (χ2n) is 7.45. The molecule has 0 bridgehead atoms. The molecule has 9 nitrogen and oxygen atoms in total. The van der Waals surface area contributed by atoms with Gasteiger partial charge in [-0.2, -0.15) is 0 Å². The Kier molecular flexibility index (Phi) is 6.99. The van der Waals surface area contributed by atoms with Gasteiger partial charge in [-0.1, -0.05) is 12.1 Å². The molecule has 4 rings (SSSR count).